The molecule has 0 bridgehead atoms. The fourth-order valence-electron chi connectivity index (χ4n) is 4.83. The molecule has 3 nitrogen and oxygen atoms in total. The van der Waals surface area contributed by atoms with Gasteiger partial charge in [0.2, 0.25) is 0 Å². The van der Waals surface area contributed by atoms with Crippen molar-refractivity contribution >= 4 is 33.6 Å². The van der Waals surface area contributed by atoms with Crippen molar-refractivity contribution in [1.29, 1.82) is 0 Å². The van der Waals surface area contributed by atoms with Crippen molar-refractivity contribution in [2.45, 2.75) is 50.0 Å². The quantitative estimate of drug-likeness (QED) is 0.172. The van der Waals surface area contributed by atoms with Gasteiger partial charge >= 0.3 is 21.1 Å². The van der Waals surface area contributed by atoms with Crippen molar-refractivity contribution < 1.29 is 21.1 Å². The van der Waals surface area contributed by atoms with Gasteiger partial charge in [0.15, 0.2) is 0 Å². The van der Waals surface area contributed by atoms with Gasteiger partial charge in [-0.25, -0.2) is 21.1 Å². The molecule has 0 aliphatic heterocycles. The summed E-state index contributed by atoms with van der Waals surface area (Å²) in [5.41, 5.74) is 7.67. The van der Waals surface area contributed by atoms with Crippen LogP contribution < -0.4 is 0 Å². The van der Waals surface area contributed by atoms with E-state index in [4.69, 9.17) is 4.98 Å². The third-order valence-corrected chi connectivity index (χ3v) is 7.67. The second-order valence-electron chi connectivity index (χ2n) is 10.8. The van der Waals surface area contributed by atoms with Gasteiger partial charge in [0.05, 0.1) is 5.03 Å². The van der Waals surface area contributed by atoms with Crippen LogP contribution in [0.2, 0.25) is 0 Å². The van der Waals surface area contributed by atoms with Crippen LogP contribution in [0.4, 0.5) is 0 Å². The summed E-state index contributed by atoms with van der Waals surface area (Å²) in [5, 5.41) is 3.34. The second-order valence-corrected chi connectivity index (χ2v) is 11.9. The number of aromatic nitrogens is 3. The summed E-state index contributed by atoms with van der Waals surface area (Å²) in [7, 11) is 0. The van der Waals surface area contributed by atoms with Gasteiger partial charge < -0.3 is 4.57 Å². The Balaban J connectivity index is 0.00000308. The molecule has 0 unspecified atom stereocenters. The summed E-state index contributed by atoms with van der Waals surface area (Å²) in [6, 6.07) is 35.0. The number of hydrogen-bond donors (Lipinski definition) is 0. The van der Waals surface area contributed by atoms with Gasteiger partial charge in [-0.15, -0.1) is 12.1 Å². The number of benzene rings is 3. The summed E-state index contributed by atoms with van der Waals surface area (Å²) in [5.74, 6) is 0.924. The molecule has 0 aliphatic carbocycles. The Morgan fingerprint density at radius 3 is 2.38 bits per heavy atom. The van der Waals surface area contributed by atoms with Crippen molar-refractivity contribution in [2.75, 3.05) is 0 Å². The first-order valence-corrected chi connectivity index (χ1v) is 13.7. The Kier molecular flexibility index (Phi) is 7.55. The van der Waals surface area contributed by atoms with Crippen LogP contribution in [0.25, 0.3) is 38.8 Å². The normalized spacial score (nSPS) is 11.6. The van der Waals surface area contributed by atoms with Crippen LogP contribution in [-0.4, -0.2) is 14.5 Å². The molecule has 0 saturated heterocycles. The monoisotopic (exact) mass is 706 g/mol. The molecule has 0 spiro atoms. The molecule has 0 amide bonds. The zero-order valence-electron chi connectivity index (χ0n) is 22.6. The molecule has 0 fully saturated rings. The summed E-state index contributed by atoms with van der Waals surface area (Å²) < 4.78 is 2.26. The van der Waals surface area contributed by atoms with E-state index >= 15 is 0 Å². The van der Waals surface area contributed by atoms with E-state index in [9.17, 15) is 0 Å². The van der Waals surface area contributed by atoms with Gasteiger partial charge in [-0.05, 0) is 71.6 Å². The summed E-state index contributed by atoms with van der Waals surface area (Å²) in [6.45, 7) is 10.9. The minimum absolute atomic E-state index is 0. The molecular formula is C34H29N3PtS. The van der Waals surface area contributed by atoms with E-state index < -0.39 is 0 Å². The molecule has 0 N–H and O–H groups in total. The predicted octanol–water partition coefficient (Wildman–Crippen LogP) is 8.90. The SMILES string of the molecule is Cc1ccnc(Sc2[c-]c(-c3[c-]c4c(cc3)c3ccccc3n4-c3cc(C(C)(C)C)cc(C)n3)ccc2)c1.[Pt+2]. The zero-order chi connectivity index (χ0) is 26.4. The van der Waals surface area contributed by atoms with Crippen molar-refractivity contribution in [1.82, 2.24) is 14.5 Å². The van der Waals surface area contributed by atoms with Crippen LogP contribution in [0.5, 0.6) is 0 Å². The smallest absolute Gasteiger partial charge is 0.314 e. The third kappa shape index (κ3) is 5.46. The van der Waals surface area contributed by atoms with E-state index in [0.29, 0.717) is 0 Å². The number of aryl methyl sites for hydroxylation is 2. The Labute approximate surface area is 249 Å². The number of nitrogens with zero attached hydrogens (tertiary/aromatic N) is 3. The van der Waals surface area contributed by atoms with Crippen LogP contribution >= 0.6 is 11.8 Å². The van der Waals surface area contributed by atoms with Gasteiger partial charge in [0, 0.05) is 17.4 Å². The van der Waals surface area contributed by atoms with Gasteiger partial charge in [-0.2, -0.15) is 30.3 Å². The van der Waals surface area contributed by atoms with E-state index in [1.165, 1.54) is 21.9 Å². The average molecular weight is 707 g/mol. The fourth-order valence-corrected chi connectivity index (χ4v) is 5.72. The summed E-state index contributed by atoms with van der Waals surface area (Å²) in [6.07, 6.45) is 1.85. The van der Waals surface area contributed by atoms with Gasteiger partial charge in [0.1, 0.15) is 5.82 Å². The Bertz CT molecular complexity index is 1810. The van der Waals surface area contributed by atoms with Crippen molar-refractivity contribution in [3.05, 3.63) is 114 Å². The van der Waals surface area contributed by atoms with Crippen LogP contribution in [0.15, 0.2) is 95.0 Å². The standard InChI is InChI=1S/C34H29N3S.Pt/c1-22-15-16-35-33(17-22)38-27-10-8-9-24(19-27)25-13-14-29-28-11-6-7-12-30(28)37(31(29)20-25)32-21-26(34(3,4)5)18-23(2)36-32;/h6-18,21H,1-5H3;/q-2;+2. The molecule has 3 heterocycles. The van der Waals surface area contributed by atoms with E-state index in [0.717, 1.165) is 43.6 Å². The van der Waals surface area contributed by atoms with Crippen molar-refractivity contribution in [3.8, 4) is 16.9 Å². The van der Waals surface area contributed by atoms with Crippen molar-refractivity contribution in [3.63, 3.8) is 0 Å². The first kappa shape index (κ1) is 27.4. The zero-order valence-corrected chi connectivity index (χ0v) is 25.7. The maximum atomic E-state index is 4.99. The minimum atomic E-state index is 0. The largest absolute Gasteiger partial charge is 2.00 e. The molecule has 196 valence electrons. The third-order valence-electron chi connectivity index (χ3n) is 6.78. The number of pyridine rings is 2. The fraction of sp³-hybridized carbons (Fsp3) is 0.176. The van der Waals surface area contributed by atoms with E-state index in [1.807, 2.05) is 12.3 Å². The molecule has 0 radical (unpaired) electrons. The first-order chi connectivity index (χ1) is 18.3. The second kappa shape index (κ2) is 10.8. The van der Waals surface area contributed by atoms with Crippen molar-refractivity contribution in [2.24, 2.45) is 0 Å². The molecule has 39 heavy (non-hydrogen) atoms. The molecule has 6 rings (SSSR count). The summed E-state index contributed by atoms with van der Waals surface area (Å²) >= 11 is 1.63. The van der Waals surface area contributed by atoms with Gasteiger partial charge in [-0.1, -0.05) is 61.0 Å². The molecule has 0 saturated carbocycles. The molecule has 3 aromatic heterocycles. The number of hydrogen-bond acceptors (Lipinski definition) is 3. The van der Waals surface area contributed by atoms with Crippen LogP contribution in [0.3, 0.4) is 0 Å². The van der Waals surface area contributed by atoms with Gasteiger partial charge in [0.25, 0.3) is 0 Å². The van der Waals surface area contributed by atoms with Crippen LogP contribution in [0.1, 0.15) is 37.6 Å². The predicted molar refractivity (Wildman–Crippen MR) is 158 cm³/mol. The van der Waals surface area contributed by atoms with E-state index in [1.54, 1.807) is 11.8 Å². The minimum Gasteiger partial charge on any atom is -0.314 e. The van der Waals surface area contributed by atoms with Crippen LogP contribution in [0, 0.1) is 26.0 Å². The molecule has 5 heteroatoms. The molecule has 0 aliphatic rings. The molecule has 0 atom stereocenters. The molecular weight excluding hydrogens is 678 g/mol. The Morgan fingerprint density at radius 2 is 1.59 bits per heavy atom. The van der Waals surface area contributed by atoms with E-state index in [-0.39, 0.29) is 26.5 Å². The van der Waals surface area contributed by atoms with Gasteiger partial charge in [-0.3, -0.25) is 0 Å². The molecule has 3 aromatic carbocycles. The molecule has 6 aromatic rings. The Morgan fingerprint density at radius 1 is 0.795 bits per heavy atom. The first-order valence-electron chi connectivity index (χ1n) is 12.8. The van der Waals surface area contributed by atoms with Crippen LogP contribution in [-0.2, 0) is 26.5 Å². The number of para-hydroxylation sites is 1. The number of fused-ring (bicyclic) bond motifs is 3. The number of rotatable bonds is 4. The Hall–Kier alpha value is -3.20. The average Bonchev–Trinajstić information content (AvgIpc) is 3.22. The van der Waals surface area contributed by atoms with E-state index in [2.05, 4.69) is 129 Å². The maximum Gasteiger partial charge on any atom is 2.00 e. The topological polar surface area (TPSA) is 30.7 Å². The maximum absolute atomic E-state index is 4.99. The summed E-state index contributed by atoms with van der Waals surface area (Å²) in [4.78, 5) is 10.5.